The first-order chi connectivity index (χ1) is 9.25. The molecule has 1 heterocycles. The van der Waals surface area contributed by atoms with Gasteiger partial charge in [-0.3, -0.25) is 4.98 Å². The van der Waals surface area contributed by atoms with Crippen molar-refractivity contribution in [3.05, 3.63) is 51.1 Å². The van der Waals surface area contributed by atoms with E-state index in [1.165, 1.54) is 22.0 Å². The lowest BCUT2D eigenvalue weighted by Gasteiger charge is -2.10. The number of pyridine rings is 1. The third-order valence-electron chi connectivity index (χ3n) is 3.90. The van der Waals surface area contributed by atoms with E-state index in [9.17, 15) is 0 Å². The van der Waals surface area contributed by atoms with Crippen molar-refractivity contribution < 1.29 is 0 Å². The molecule has 0 spiro atoms. The molecule has 94 valence electrons. The maximum absolute atomic E-state index is 6.60. The lowest BCUT2D eigenvalue weighted by atomic mass is 10.0. The molecule has 0 N–H and O–H groups in total. The third kappa shape index (κ3) is 1.63. The molecule has 0 saturated carbocycles. The van der Waals surface area contributed by atoms with Gasteiger partial charge in [0, 0.05) is 20.9 Å². The van der Waals surface area contributed by atoms with E-state index in [-0.39, 0.29) is 0 Å². The second-order valence-electron chi connectivity index (χ2n) is 5.00. The quantitative estimate of drug-likeness (QED) is 0.510. The molecule has 4 rings (SSSR count). The number of nitrogens with zero attached hydrogens (tertiary/aromatic N) is 1. The lowest BCUT2D eigenvalue weighted by Crippen LogP contribution is -1.93. The van der Waals surface area contributed by atoms with Crippen molar-refractivity contribution in [1.82, 2.24) is 4.98 Å². The van der Waals surface area contributed by atoms with Crippen molar-refractivity contribution in [2.24, 2.45) is 0 Å². The molecule has 0 unspecified atom stereocenters. The number of aromatic nitrogens is 1. The van der Waals surface area contributed by atoms with Crippen molar-refractivity contribution in [2.45, 2.75) is 19.3 Å². The molecule has 1 aliphatic rings. The molecule has 0 fully saturated rings. The van der Waals surface area contributed by atoms with E-state index in [1.54, 1.807) is 0 Å². The van der Waals surface area contributed by atoms with Crippen LogP contribution >= 0.6 is 27.5 Å². The van der Waals surface area contributed by atoms with Crippen molar-refractivity contribution in [2.75, 3.05) is 0 Å². The first-order valence-corrected chi connectivity index (χ1v) is 7.61. The number of benzene rings is 2. The molecular formula is C16H11BrClN. The Kier molecular flexibility index (Phi) is 2.58. The molecule has 0 amide bonds. The van der Waals surface area contributed by atoms with Gasteiger partial charge in [-0.2, -0.15) is 0 Å². The summed E-state index contributed by atoms with van der Waals surface area (Å²) in [5, 5.41) is 4.32. The monoisotopic (exact) mass is 331 g/mol. The van der Waals surface area contributed by atoms with E-state index in [2.05, 4.69) is 40.2 Å². The van der Waals surface area contributed by atoms with Crippen LogP contribution in [-0.4, -0.2) is 4.98 Å². The molecule has 0 atom stereocenters. The average molecular weight is 333 g/mol. The Morgan fingerprint density at radius 3 is 2.68 bits per heavy atom. The molecule has 0 saturated heterocycles. The van der Waals surface area contributed by atoms with Crippen molar-refractivity contribution in [3.63, 3.8) is 0 Å². The number of halogens is 2. The third-order valence-corrected chi connectivity index (χ3v) is 4.99. The molecular weight excluding hydrogens is 322 g/mol. The van der Waals surface area contributed by atoms with Crippen molar-refractivity contribution >= 4 is 49.2 Å². The maximum Gasteiger partial charge on any atom is 0.0799 e. The minimum absolute atomic E-state index is 0.893. The van der Waals surface area contributed by atoms with E-state index in [0.29, 0.717) is 0 Å². The summed E-state index contributed by atoms with van der Waals surface area (Å²) in [7, 11) is 0. The van der Waals surface area contributed by atoms with Gasteiger partial charge in [-0.05, 0) is 36.3 Å². The SMILES string of the molecule is Clc1c2c(nc3c1cc(Br)c1ccccc13)CCC2. The van der Waals surface area contributed by atoms with E-state index in [1.807, 2.05) is 6.07 Å². The Hall–Kier alpha value is -1.12. The highest BCUT2D eigenvalue weighted by Gasteiger charge is 2.20. The highest BCUT2D eigenvalue weighted by atomic mass is 79.9. The summed E-state index contributed by atoms with van der Waals surface area (Å²) in [5.41, 5.74) is 3.46. The smallest absolute Gasteiger partial charge is 0.0799 e. The van der Waals surface area contributed by atoms with Gasteiger partial charge in [-0.15, -0.1) is 0 Å². The first-order valence-electron chi connectivity index (χ1n) is 6.44. The Labute approximate surface area is 124 Å². The van der Waals surface area contributed by atoms with Crippen LogP contribution < -0.4 is 0 Å². The zero-order valence-electron chi connectivity index (χ0n) is 10.2. The molecule has 3 heteroatoms. The zero-order valence-corrected chi connectivity index (χ0v) is 12.6. The summed E-state index contributed by atoms with van der Waals surface area (Å²) in [4.78, 5) is 4.88. The topological polar surface area (TPSA) is 12.9 Å². The van der Waals surface area contributed by atoms with Crippen LogP contribution in [0, 0.1) is 0 Å². The van der Waals surface area contributed by atoms with Gasteiger partial charge in [-0.25, -0.2) is 0 Å². The molecule has 3 aromatic rings. The predicted molar refractivity (Wildman–Crippen MR) is 84.0 cm³/mol. The van der Waals surface area contributed by atoms with Crippen LogP contribution in [-0.2, 0) is 12.8 Å². The van der Waals surface area contributed by atoms with Crippen molar-refractivity contribution in [3.8, 4) is 0 Å². The number of hydrogen-bond acceptors (Lipinski definition) is 1. The Bertz CT molecular complexity index is 826. The number of hydrogen-bond donors (Lipinski definition) is 0. The van der Waals surface area contributed by atoms with Gasteiger partial charge in [0.15, 0.2) is 0 Å². The first kappa shape index (κ1) is 11.7. The largest absolute Gasteiger partial charge is 0.252 e. The van der Waals surface area contributed by atoms with Crippen LogP contribution in [0.3, 0.4) is 0 Å². The minimum Gasteiger partial charge on any atom is -0.252 e. The summed E-state index contributed by atoms with van der Waals surface area (Å²) in [6.45, 7) is 0. The highest BCUT2D eigenvalue weighted by Crippen LogP contribution is 2.38. The van der Waals surface area contributed by atoms with Gasteiger partial charge in [0.2, 0.25) is 0 Å². The summed E-state index contributed by atoms with van der Waals surface area (Å²) < 4.78 is 1.08. The van der Waals surface area contributed by atoms with Crippen LogP contribution in [0.2, 0.25) is 5.02 Å². The van der Waals surface area contributed by atoms with Gasteiger partial charge in [0.1, 0.15) is 0 Å². The fraction of sp³-hybridized carbons (Fsp3) is 0.188. The van der Waals surface area contributed by atoms with Crippen LogP contribution in [0.5, 0.6) is 0 Å². The molecule has 1 nitrogen and oxygen atoms in total. The standard InChI is InChI=1S/C16H11BrClN/c17-13-8-12-15(18)11-6-3-7-14(11)19-16(12)10-5-2-1-4-9(10)13/h1-2,4-5,8H,3,6-7H2. The minimum atomic E-state index is 0.893. The molecule has 1 aliphatic carbocycles. The van der Waals surface area contributed by atoms with E-state index in [0.717, 1.165) is 39.7 Å². The molecule has 19 heavy (non-hydrogen) atoms. The van der Waals surface area contributed by atoms with Gasteiger partial charge in [-0.1, -0.05) is 51.8 Å². The van der Waals surface area contributed by atoms with E-state index < -0.39 is 0 Å². The molecule has 2 aromatic carbocycles. The van der Waals surface area contributed by atoms with Gasteiger partial charge in [0.25, 0.3) is 0 Å². The van der Waals surface area contributed by atoms with E-state index in [4.69, 9.17) is 16.6 Å². The van der Waals surface area contributed by atoms with Crippen LogP contribution in [0.15, 0.2) is 34.8 Å². The number of aryl methyl sites for hydroxylation is 1. The summed E-state index contributed by atoms with van der Waals surface area (Å²) in [6.07, 6.45) is 3.27. The summed E-state index contributed by atoms with van der Waals surface area (Å²) in [5.74, 6) is 0. The van der Waals surface area contributed by atoms with Crippen molar-refractivity contribution in [1.29, 1.82) is 0 Å². The predicted octanol–water partition coefficient (Wildman–Crippen LogP) is 5.29. The lowest BCUT2D eigenvalue weighted by molar-refractivity contribution is 0.901. The Balaban J connectivity index is 2.26. The molecule has 0 aliphatic heterocycles. The molecule has 0 bridgehead atoms. The van der Waals surface area contributed by atoms with Crippen LogP contribution in [0.1, 0.15) is 17.7 Å². The van der Waals surface area contributed by atoms with Gasteiger partial charge >= 0.3 is 0 Å². The second kappa shape index (κ2) is 4.19. The van der Waals surface area contributed by atoms with Crippen LogP contribution in [0.4, 0.5) is 0 Å². The normalized spacial score (nSPS) is 14.2. The second-order valence-corrected chi connectivity index (χ2v) is 6.24. The average Bonchev–Trinajstić information content (AvgIpc) is 2.90. The van der Waals surface area contributed by atoms with E-state index >= 15 is 0 Å². The van der Waals surface area contributed by atoms with Crippen LogP contribution in [0.25, 0.3) is 21.7 Å². The maximum atomic E-state index is 6.60. The fourth-order valence-corrected chi connectivity index (χ4v) is 3.91. The van der Waals surface area contributed by atoms with Gasteiger partial charge in [0.05, 0.1) is 10.5 Å². The molecule has 0 radical (unpaired) electrons. The zero-order chi connectivity index (χ0) is 13.0. The Morgan fingerprint density at radius 2 is 1.84 bits per heavy atom. The highest BCUT2D eigenvalue weighted by molar-refractivity contribution is 9.10. The fourth-order valence-electron chi connectivity index (χ4n) is 2.99. The summed E-state index contributed by atoms with van der Waals surface area (Å²) >= 11 is 10.2. The number of fused-ring (bicyclic) bond motifs is 4. The van der Waals surface area contributed by atoms with Gasteiger partial charge < -0.3 is 0 Å². The Morgan fingerprint density at radius 1 is 1.05 bits per heavy atom. The summed E-state index contributed by atoms with van der Waals surface area (Å²) in [6, 6.07) is 10.4. The number of rotatable bonds is 0. The molecule has 1 aromatic heterocycles.